The fraction of sp³-hybridized carbons (Fsp3) is 0.357. The zero-order valence-corrected chi connectivity index (χ0v) is 13.4. The van der Waals surface area contributed by atoms with Crippen LogP contribution in [-0.4, -0.2) is 33.5 Å². The third-order valence-electron chi connectivity index (χ3n) is 2.91. The summed E-state index contributed by atoms with van der Waals surface area (Å²) < 4.78 is 5.82. The molecule has 0 spiro atoms. The molecule has 1 aliphatic heterocycles. The Morgan fingerprint density at radius 3 is 2.71 bits per heavy atom. The maximum Gasteiger partial charge on any atom is 0.276 e. The molecule has 0 aliphatic carbocycles. The fourth-order valence-corrected chi connectivity index (χ4v) is 3.12. The van der Waals surface area contributed by atoms with Gasteiger partial charge in [0, 0.05) is 34.7 Å². The number of amides is 1. The molecular weight excluding hydrogens is 306 g/mol. The van der Waals surface area contributed by atoms with Gasteiger partial charge in [-0.1, -0.05) is 0 Å². The topological polar surface area (TPSA) is 64.1 Å². The molecule has 0 aromatic carbocycles. The second-order valence-electron chi connectivity index (χ2n) is 4.85. The van der Waals surface area contributed by atoms with Crippen molar-refractivity contribution in [1.29, 1.82) is 0 Å². The van der Waals surface area contributed by atoms with Crippen molar-refractivity contribution in [2.45, 2.75) is 20.0 Å². The van der Waals surface area contributed by atoms with E-state index in [0.717, 1.165) is 22.9 Å². The lowest BCUT2D eigenvalue weighted by atomic mass is 10.2. The van der Waals surface area contributed by atoms with E-state index in [2.05, 4.69) is 15.3 Å². The van der Waals surface area contributed by atoms with Crippen molar-refractivity contribution in [3.8, 4) is 5.75 Å². The number of thioether (sulfide) groups is 1. The maximum absolute atomic E-state index is 12.2. The van der Waals surface area contributed by atoms with Crippen LogP contribution in [0.3, 0.4) is 0 Å². The third-order valence-corrected chi connectivity index (χ3v) is 5.00. The first-order valence-electron chi connectivity index (χ1n) is 6.57. The van der Waals surface area contributed by atoms with E-state index in [0.29, 0.717) is 16.6 Å². The summed E-state index contributed by atoms with van der Waals surface area (Å²) in [6.07, 6.45) is 0.245. The second-order valence-corrected chi connectivity index (χ2v) is 6.79. The highest BCUT2D eigenvalue weighted by molar-refractivity contribution is 8.00. The van der Waals surface area contributed by atoms with E-state index < -0.39 is 0 Å². The lowest BCUT2D eigenvalue weighted by Gasteiger charge is -2.26. The van der Waals surface area contributed by atoms with Crippen molar-refractivity contribution >= 4 is 34.1 Å². The predicted molar refractivity (Wildman–Crippen MR) is 85.5 cm³/mol. The van der Waals surface area contributed by atoms with E-state index in [1.807, 2.05) is 37.1 Å². The van der Waals surface area contributed by atoms with E-state index in [1.165, 1.54) is 11.3 Å². The Labute approximate surface area is 131 Å². The Kier molecular flexibility index (Phi) is 4.12. The molecule has 2 aromatic rings. The number of carbonyl (C=O) groups is 1. The lowest BCUT2D eigenvalue weighted by Crippen LogP contribution is -2.31. The molecule has 2 aromatic heterocycles. The van der Waals surface area contributed by atoms with Crippen LogP contribution in [0, 0.1) is 13.8 Å². The smallest absolute Gasteiger partial charge is 0.276 e. The summed E-state index contributed by atoms with van der Waals surface area (Å²) in [6.45, 7) is 3.74. The van der Waals surface area contributed by atoms with Crippen molar-refractivity contribution in [2.75, 3.05) is 16.8 Å². The molecule has 1 saturated heterocycles. The van der Waals surface area contributed by atoms with Crippen molar-refractivity contribution < 1.29 is 9.53 Å². The van der Waals surface area contributed by atoms with Gasteiger partial charge >= 0.3 is 0 Å². The molecule has 0 bridgehead atoms. The molecule has 1 aliphatic rings. The number of rotatable bonds is 4. The number of hydrogen-bond acceptors (Lipinski definition) is 6. The Morgan fingerprint density at radius 1 is 1.29 bits per heavy atom. The quantitative estimate of drug-likeness (QED) is 0.938. The molecule has 0 unspecified atom stereocenters. The van der Waals surface area contributed by atoms with Crippen molar-refractivity contribution in [1.82, 2.24) is 9.97 Å². The highest BCUT2D eigenvalue weighted by Gasteiger charge is 2.21. The van der Waals surface area contributed by atoms with Crippen LogP contribution in [-0.2, 0) is 0 Å². The zero-order chi connectivity index (χ0) is 14.8. The van der Waals surface area contributed by atoms with Crippen LogP contribution < -0.4 is 10.1 Å². The molecule has 0 radical (unpaired) electrons. The normalized spacial score (nSPS) is 14.6. The van der Waals surface area contributed by atoms with Crippen molar-refractivity contribution in [3.05, 3.63) is 34.6 Å². The van der Waals surface area contributed by atoms with Crippen LogP contribution in [0.15, 0.2) is 17.5 Å². The number of ether oxygens (including phenoxy) is 1. The van der Waals surface area contributed by atoms with Crippen LogP contribution in [0.4, 0.5) is 5.13 Å². The average molecular weight is 321 g/mol. The predicted octanol–water partition coefficient (Wildman–Crippen LogP) is 2.90. The zero-order valence-electron chi connectivity index (χ0n) is 11.8. The first-order valence-corrected chi connectivity index (χ1v) is 8.60. The van der Waals surface area contributed by atoms with Crippen LogP contribution in [0.1, 0.15) is 21.9 Å². The SMILES string of the molecule is Cc1cc(OC2CSC2)cc(C(=O)Nc2nc(C)cs2)n1. The molecule has 0 atom stereocenters. The Hall–Kier alpha value is -1.60. The molecule has 0 saturated carbocycles. The first kappa shape index (κ1) is 14.3. The molecule has 21 heavy (non-hydrogen) atoms. The highest BCUT2D eigenvalue weighted by atomic mass is 32.2. The van der Waals surface area contributed by atoms with E-state index in [9.17, 15) is 4.79 Å². The molecule has 5 nitrogen and oxygen atoms in total. The third kappa shape index (κ3) is 3.54. The minimum Gasteiger partial charge on any atom is -0.489 e. The standard InChI is InChI=1S/C14H15N3O2S2/c1-8-3-10(19-11-6-20-7-11)4-12(15-8)13(18)17-14-16-9(2)5-21-14/h3-5,11H,6-7H2,1-2H3,(H,16,17,18). The first-order chi connectivity index (χ1) is 10.1. The minimum atomic E-state index is -0.263. The van der Waals surface area contributed by atoms with Gasteiger partial charge in [0.2, 0.25) is 0 Å². The summed E-state index contributed by atoms with van der Waals surface area (Å²) in [4.78, 5) is 20.7. The van der Waals surface area contributed by atoms with Crippen LogP contribution in [0.25, 0.3) is 0 Å². The maximum atomic E-state index is 12.2. The van der Waals surface area contributed by atoms with E-state index >= 15 is 0 Å². The van der Waals surface area contributed by atoms with Crippen molar-refractivity contribution in [3.63, 3.8) is 0 Å². The molecule has 3 heterocycles. The number of nitrogens with one attached hydrogen (secondary N) is 1. The van der Waals surface area contributed by atoms with Gasteiger partial charge in [0.15, 0.2) is 5.13 Å². The van der Waals surface area contributed by atoms with Gasteiger partial charge in [-0.05, 0) is 13.8 Å². The molecule has 3 rings (SSSR count). The van der Waals surface area contributed by atoms with Crippen molar-refractivity contribution in [2.24, 2.45) is 0 Å². The van der Waals surface area contributed by atoms with Gasteiger partial charge in [-0.15, -0.1) is 11.3 Å². The van der Waals surface area contributed by atoms with E-state index in [1.54, 1.807) is 6.07 Å². The number of aromatic nitrogens is 2. The highest BCUT2D eigenvalue weighted by Crippen LogP contribution is 2.25. The van der Waals surface area contributed by atoms with Gasteiger partial charge in [-0.2, -0.15) is 11.8 Å². The van der Waals surface area contributed by atoms with Gasteiger partial charge < -0.3 is 4.74 Å². The molecule has 7 heteroatoms. The average Bonchev–Trinajstić information content (AvgIpc) is 2.79. The number of aryl methyl sites for hydroxylation is 2. The van der Waals surface area contributed by atoms with E-state index in [4.69, 9.17) is 4.74 Å². The molecule has 1 amide bonds. The van der Waals surface area contributed by atoms with Gasteiger partial charge in [0.05, 0.1) is 5.69 Å². The van der Waals surface area contributed by atoms with Crippen LogP contribution >= 0.6 is 23.1 Å². The monoisotopic (exact) mass is 321 g/mol. The summed E-state index contributed by atoms with van der Waals surface area (Å²) in [5.74, 6) is 2.44. The molecule has 1 fully saturated rings. The van der Waals surface area contributed by atoms with Crippen LogP contribution in [0.2, 0.25) is 0 Å². The van der Waals surface area contributed by atoms with Gasteiger partial charge in [-0.3, -0.25) is 10.1 Å². The fourth-order valence-electron chi connectivity index (χ4n) is 1.87. The Bertz CT molecular complexity index is 668. The summed E-state index contributed by atoms with van der Waals surface area (Å²) in [5.41, 5.74) is 2.00. The molecular formula is C14H15N3O2S2. The Morgan fingerprint density at radius 2 is 2.10 bits per heavy atom. The van der Waals surface area contributed by atoms with Gasteiger partial charge in [0.1, 0.15) is 17.5 Å². The lowest BCUT2D eigenvalue weighted by molar-refractivity contribution is 0.102. The molecule has 110 valence electrons. The number of carbonyl (C=O) groups excluding carboxylic acids is 1. The largest absolute Gasteiger partial charge is 0.489 e. The number of anilines is 1. The number of nitrogens with zero attached hydrogens (tertiary/aromatic N) is 2. The number of hydrogen-bond donors (Lipinski definition) is 1. The van der Waals surface area contributed by atoms with Gasteiger partial charge in [0.25, 0.3) is 5.91 Å². The second kappa shape index (κ2) is 6.03. The van der Waals surface area contributed by atoms with Crippen LogP contribution in [0.5, 0.6) is 5.75 Å². The van der Waals surface area contributed by atoms with Gasteiger partial charge in [-0.25, -0.2) is 9.97 Å². The summed E-state index contributed by atoms with van der Waals surface area (Å²) in [5, 5.41) is 5.23. The summed E-state index contributed by atoms with van der Waals surface area (Å²) >= 11 is 3.26. The van der Waals surface area contributed by atoms with E-state index in [-0.39, 0.29) is 12.0 Å². The summed E-state index contributed by atoms with van der Waals surface area (Å²) in [6, 6.07) is 3.54. The number of pyridine rings is 1. The minimum absolute atomic E-state index is 0.245. The summed E-state index contributed by atoms with van der Waals surface area (Å²) in [7, 11) is 0. The molecule has 1 N–H and O–H groups in total. The number of thiazole rings is 1. The Balaban J connectivity index is 1.75.